The van der Waals surface area contributed by atoms with E-state index in [9.17, 15) is 4.79 Å². The number of aromatic nitrogens is 3. The Morgan fingerprint density at radius 3 is 2.56 bits per heavy atom. The van der Waals surface area contributed by atoms with Crippen LogP contribution in [0.2, 0.25) is 0 Å². The van der Waals surface area contributed by atoms with Gasteiger partial charge in [-0.3, -0.25) is 9.78 Å². The van der Waals surface area contributed by atoms with Crippen molar-refractivity contribution in [2.75, 3.05) is 6.54 Å². The molecule has 0 saturated heterocycles. The smallest absolute Gasteiger partial charge is 0.252 e. The second kappa shape index (κ2) is 8.62. The van der Waals surface area contributed by atoms with E-state index >= 15 is 0 Å². The van der Waals surface area contributed by atoms with Gasteiger partial charge in [0.15, 0.2) is 0 Å². The van der Waals surface area contributed by atoms with Crippen molar-refractivity contribution in [2.45, 2.75) is 39.7 Å². The highest BCUT2D eigenvalue weighted by Gasteiger charge is 2.08. The van der Waals surface area contributed by atoms with Crippen LogP contribution in [-0.2, 0) is 6.54 Å². The van der Waals surface area contributed by atoms with Gasteiger partial charge in [-0.15, -0.1) is 0 Å². The number of benzene rings is 1. The van der Waals surface area contributed by atoms with Crippen molar-refractivity contribution in [1.82, 2.24) is 19.9 Å². The van der Waals surface area contributed by atoms with Gasteiger partial charge in [-0.25, -0.2) is 4.98 Å². The van der Waals surface area contributed by atoms with Crippen molar-refractivity contribution in [2.24, 2.45) is 0 Å². The van der Waals surface area contributed by atoms with E-state index in [0.29, 0.717) is 18.0 Å². The molecule has 0 radical (unpaired) electrons. The molecule has 0 bridgehead atoms. The fraction of sp³-hybridized carbons (Fsp3) is 0.318. The van der Waals surface area contributed by atoms with E-state index in [1.54, 1.807) is 6.20 Å². The van der Waals surface area contributed by atoms with Gasteiger partial charge in [-0.2, -0.15) is 0 Å². The monoisotopic (exact) mass is 362 g/mol. The van der Waals surface area contributed by atoms with Crippen molar-refractivity contribution in [3.63, 3.8) is 0 Å². The molecule has 140 valence electrons. The van der Waals surface area contributed by atoms with E-state index in [1.165, 1.54) is 5.56 Å². The first-order chi connectivity index (χ1) is 13.0. The lowest BCUT2D eigenvalue weighted by Crippen LogP contribution is -2.25. The largest absolute Gasteiger partial charge is 0.352 e. The molecule has 0 aliphatic rings. The summed E-state index contributed by atoms with van der Waals surface area (Å²) in [4.78, 5) is 21.1. The molecule has 0 unspecified atom stereocenters. The summed E-state index contributed by atoms with van der Waals surface area (Å²) in [7, 11) is 0. The number of nitrogens with one attached hydrogen (secondary N) is 1. The van der Waals surface area contributed by atoms with Crippen LogP contribution in [-0.4, -0.2) is 27.0 Å². The highest BCUT2D eigenvalue weighted by Crippen LogP contribution is 2.17. The first-order valence-electron chi connectivity index (χ1n) is 9.37. The minimum absolute atomic E-state index is 0.0901. The standard InChI is InChI=1S/C22H26N4O/c1-16(2)21-23-12-14-26(21)13-4-11-24-22(27)19-9-10-20(25-15-19)18-7-5-17(3)6-8-18/h5-10,12,14-16H,4,11,13H2,1-3H3,(H,24,27). The van der Waals surface area contributed by atoms with Crippen molar-refractivity contribution in [3.05, 3.63) is 71.9 Å². The normalized spacial score (nSPS) is 11.0. The molecular weight excluding hydrogens is 336 g/mol. The van der Waals surface area contributed by atoms with Crippen molar-refractivity contribution < 1.29 is 4.79 Å². The predicted octanol–water partition coefficient (Wildman–Crippen LogP) is 4.20. The number of carbonyl (C=O) groups excluding carboxylic acids is 1. The third-order valence-corrected chi connectivity index (χ3v) is 4.50. The number of hydrogen-bond donors (Lipinski definition) is 1. The summed E-state index contributed by atoms with van der Waals surface area (Å²) in [6.45, 7) is 7.79. The van der Waals surface area contributed by atoms with Crippen molar-refractivity contribution in [3.8, 4) is 11.3 Å². The SMILES string of the molecule is Cc1ccc(-c2ccc(C(=O)NCCCn3ccnc3C(C)C)cn2)cc1. The molecular formula is C22H26N4O. The zero-order valence-electron chi connectivity index (χ0n) is 16.1. The molecule has 1 N–H and O–H groups in total. The maximum atomic E-state index is 12.3. The van der Waals surface area contributed by atoms with Gasteiger partial charge in [0.1, 0.15) is 5.82 Å². The average Bonchev–Trinajstić information content (AvgIpc) is 3.15. The first-order valence-corrected chi connectivity index (χ1v) is 9.37. The molecule has 0 aliphatic heterocycles. The third kappa shape index (κ3) is 4.82. The quantitative estimate of drug-likeness (QED) is 0.641. The fourth-order valence-corrected chi connectivity index (χ4v) is 2.99. The van der Waals surface area contributed by atoms with Crippen LogP contribution in [0.4, 0.5) is 0 Å². The van der Waals surface area contributed by atoms with E-state index < -0.39 is 0 Å². The summed E-state index contributed by atoms with van der Waals surface area (Å²) < 4.78 is 2.15. The zero-order chi connectivity index (χ0) is 19.2. The Bertz CT molecular complexity index is 879. The molecule has 1 aromatic carbocycles. The van der Waals surface area contributed by atoms with Crippen LogP contribution >= 0.6 is 0 Å². The Balaban J connectivity index is 1.51. The molecule has 0 atom stereocenters. The third-order valence-electron chi connectivity index (χ3n) is 4.50. The maximum absolute atomic E-state index is 12.3. The number of pyridine rings is 1. The number of nitrogens with zero attached hydrogens (tertiary/aromatic N) is 3. The van der Waals surface area contributed by atoms with Gasteiger partial charge in [-0.1, -0.05) is 43.7 Å². The zero-order valence-corrected chi connectivity index (χ0v) is 16.1. The summed E-state index contributed by atoms with van der Waals surface area (Å²) in [6, 6.07) is 11.9. The van der Waals surface area contributed by atoms with Crippen molar-refractivity contribution >= 4 is 5.91 Å². The van der Waals surface area contributed by atoms with Crippen LogP contribution in [0.15, 0.2) is 55.0 Å². The molecule has 5 nitrogen and oxygen atoms in total. The van der Waals surface area contributed by atoms with Crippen LogP contribution in [0.25, 0.3) is 11.3 Å². The first kappa shape index (κ1) is 18.8. The van der Waals surface area contributed by atoms with E-state index in [0.717, 1.165) is 30.0 Å². The summed E-state index contributed by atoms with van der Waals surface area (Å²) in [5.41, 5.74) is 3.71. The van der Waals surface area contributed by atoms with E-state index in [2.05, 4.69) is 52.8 Å². The molecule has 0 fully saturated rings. The maximum Gasteiger partial charge on any atom is 0.252 e. The number of rotatable bonds is 7. The Labute approximate surface area is 160 Å². The molecule has 3 rings (SSSR count). The lowest BCUT2D eigenvalue weighted by atomic mass is 10.1. The molecule has 0 aliphatic carbocycles. The van der Waals surface area contributed by atoms with Gasteiger partial charge in [0.2, 0.25) is 0 Å². The highest BCUT2D eigenvalue weighted by molar-refractivity contribution is 5.94. The summed E-state index contributed by atoms with van der Waals surface area (Å²) in [5, 5.41) is 2.96. The predicted molar refractivity (Wildman–Crippen MR) is 108 cm³/mol. The average molecular weight is 362 g/mol. The Kier molecular flexibility index (Phi) is 6.01. The van der Waals surface area contributed by atoms with Gasteiger partial charge < -0.3 is 9.88 Å². The molecule has 5 heteroatoms. The van der Waals surface area contributed by atoms with Crippen molar-refractivity contribution in [1.29, 1.82) is 0 Å². The molecule has 1 amide bonds. The Hall–Kier alpha value is -2.95. The Morgan fingerprint density at radius 1 is 1.11 bits per heavy atom. The number of imidazole rings is 1. The van der Waals surface area contributed by atoms with Gasteiger partial charge in [0.05, 0.1) is 11.3 Å². The van der Waals surface area contributed by atoms with Gasteiger partial charge in [0, 0.05) is 43.2 Å². The second-order valence-electron chi connectivity index (χ2n) is 7.04. The number of amides is 1. The van der Waals surface area contributed by atoms with Crippen LogP contribution in [0.5, 0.6) is 0 Å². The number of carbonyl (C=O) groups is 1. The number of aryl methyl sites for hydroxylation is 2. The minimum Gasteiger partial charge on any atom is -0.352 e. The van der Waals surface area contributed by atoms with E-state index in [-0.39, 0.29) is 5.91 Å². The molecule has 27 heavy (non-hydrogen) atoms. The topological polar surface area (TPSA) is 59.8 Å². The van der Waals surface area contributed by atoms with Crippen LogP contribution in [0, 0.1) is 6.92 Å². The van der Waals surface area contributed by atoms with Gasteiger partial charge in [-0.05, 0) is 25.5 Å². The molecule has 0 spiro atoms. The van der Waals surface area contributed by atoms with Gasteiger partial charge in [0.25, 0.3) is 5.91 Å². The number of hydrogen-bond acceptors (Lipinski definition) is 3. The lowest BCUT2D eigenvalue weighted by Gasteiger charge is -2.11. The van der Waals surface area contributed by atoms with Crippen LogP contribution < -0.4 is 5.32 Å². The lowest BCUT2D eigenvalue weighted by molar-refractivity contribution is 0.0952. The molecule has 0 saturated carbocycles. The highest BCUT2D eigenvalue weighted by atomic mass is 16.1. The molecule has 2 heterocycles. The van der Waals surface area contributed by atoms with Gasteiger partial charge >= 0.3 is 0 Å². The summed E-state index contributed by atoms with van der Waals surface area (Å²) in [6.07, 6.45) is 6.31. The fourth-order valence-electron chi connectivity index (χ4n) is 2.99. The molecule has 2 aromatic heterocycles. The Morgan fingerprint density at radius 2 is 1.89 bits per heavy atom. The van der Waals surface area contributed by atoms with E-state index in [4.69, 9.17) is 0 Å². The summed E-state index contributed by atoms with van der Waals surface area (Å²) >= 11 is 0. The van der Waals surface area contributed by atoms with E-state index in [1.807, 2.05) is 36.7 Å². The summed E-state index contributed by atoms with van der Waals surface area (Å²) in [5.74, 6) is 1.39. The minimum atomic E-state index is -0.0901. The molecule has 3 aromatic rings. The van der Waals surface area contributed by atoms with Crippen LogP contribution in [0.1, 0.15) is 47.9 Å². The second-order valence-corrected chi connectivity index (χ2v) is 7.04. The van der Waals surface area contributed by atoms with Crippen LogP contribution in [0.3, 0.4) is 0 Å².